The van der Waals surface area contributed by atoms with E-state index in [0.717, 1.165) is 33.4 Å². The molecule has 30 heavy (non-hydrogen) atoms. The second kappa shape index (κ2) is 7.07. The number of hydrogen-bond donors (Lipinski definition) is 0. The first-order chi connectivity index (χ1) is 14.5. The van der Waals surface area contributed by atoms with Gasteiger partial charge in [0.1, 0.15) is 0 Å². The summed E-state index contributed by atoms with van der Waals surface area (Å²) < 4.78 is 0. The summed E-state index contributed by atoms with van der Waals surface area (Å²) in [5.41, 5.74) is 7.26. The van der Waals surface area contributed by atoms with Gasteiger partial charge in [-0.3, -0.25) is 0 Å². The van der Waals surface area contributed by atoms with Crippen LogP contribution in [0.2, 0.25) is 0 Å². The third kappa shape index (κ3) is 3.25. The van der Waals surface area contributed by atoms with Gasteiger partial charge in [-0.15, -0.1) is 0 Å². The van der Waals surface area contributed by atoms with E-state index in [-0.39, 0.29) is 5.41 Å². The van der Waals surface area contributed by atoms with Crippen LogP contribution >= 0.6 is 0 Å². The van der Waals surface area contributed by atoms with Gasteiger partial charge < -0.3 is 0 Å². The van der Waals surface area contributed by atoms with Crippen LogP contribution in [0.15, 0.2) is 91.0 Å². The summed E-state index contributed by atoms with van der Waals surface area (Å²) in [5.74, 6) is 0. The third-order valence-electron chi connectivity index (χ3n) is 5.51. The Hall–Kier alpha value is -3.52. The van der Waals surface area contributed by atoms with Crippen molar-refractivity contribution in [1.29, 1.82) is 0 Å². The van der Waals surface area contributed by atoms with Crippen LogP contribution in [0.25, 0.3) is 44.2 Å². The molecule has 0 saturated carbocycles. The van der Waals surface area contributed by atoms with Crippen molar-refractivity contribution in [2.75, 3.05) is 0 Å². The number of nitrogens with zero attached hydrogens (tertiary/aromatic N) is 2. The SMILES string of the molecule is CC(C)(C)c1nc2c(ccc3ccccc32)nc1-c1cccc(-c2ccccc2)c1. The van der Waals surface area contributed by atoms with E-state index in [1.807, 2.05) is 6.07 Å². The Balaban J connectivity index is 1.78. The maximum absolute atomic E-state index is 5.19. The van der Waals surface area contributed by atoms with Crippen LogP contribution in [-0.2, 0) is 5.41 Å². The van der Waals surface area contributed by atoms with Crippen molar-refractivity contribution in [2.24, 2.45) is 0 Å². The van der Waals surface area contributed by atoms with Gasteiger partial charge in [-0.05, 0) is 28.6 Å². The Kier molecular flexibility index (Phi) is 4.36. The highest BCUT2D eigenvalue weighted by Crippen LogP contribution is 2.35. The summed E-state index contributed by atoms with van der Waals surface area (Å²) >= 11 is 0. The van der Waals surface area contributed by atoms with Crippen LogP contribution in [-0.4, -0.2) is 9.97 Å². The molecular formula is C28H24N2. The fourth-order valence-corrected chi connectivity index (χ4v) is 3.99. The molecule has 0 spiro atoms. The zero-order valence-corrected chi connectivity index (χ0v) is 17.6. The van der Waals surface area contributed by atoms with Gasteiger partial charge >= 0.3 is 0 Å². The number of rotatable bonds is 2. The van der Waals surface area contributed by atoms with Crippen LogP contribution in [0.4, 0.5) is 0 Å². The topological polar surface area (TPSA) is 25.8 Å². The average molecular weight is 389 g/mol. The number of fused-ring (bicyclic) bond motifs is 3. The molecule has 2 heteroatoms. The molecule has 0 aliphatic rings. The molecule has 0 N–H and O–H groups in total. The van der Waals surface area contributed by atoms with Gasteiger partial charge in [-0.2, -0.15) is 0 Å². The van der Waals surface area contributed by atoms with Gasteiger partial charge in [0.25, 0.3) is 0 Å². The normalized spacial score (nSPS) is 11.8. The Labute approximate surface area is 177 Å². The van der Waals surface area contributed by atoms with Gasteiger partial charge in [0.05, 0.1) is 22.4 Å². The predicted molar refractivity (Wildman–Crippen MR) is 127 cm³/mol. The number of aromatic nitrogens is 2. The summed E-state index contributed by atoms with van der Waals surface area (Å²) in [6.07, 6.45) is 0. The van der Waals surface area contributed by atoms with E-state index in [0.29, 0.717) is 0 Å². The molecule has 0 radical (unpaired) electrons. The highest BCUT2D eigenvalue weighted by Gasteiger charge is 2.23. The highest BCUT2D eigenvalue weighted by molar-refractivity contribution is 6.04. The Morgan fingerprint density at radius 3 is 2.10 bits per heavy atom. The lowest BCUT2D eigenvalue weighted by atomic mass is 9.87. The number of hydrogen-bond acceptors (Lipinski definition) is 2. The van der Waals surface area contributed by atoms with E-state index in [2.05, 4.69) is 106 Å². The molecule has 1 aromatic heterocycles. The molecule has 0 aliphatic heterocycles. The lowest BCUT2D eigenvalue weighted by molar-refractivity contribution is 0.571. The molecule has 0 bridgehead atoms. The van der Waals surface area contributed by atoms with Gasteiger partial charge in [0.15, 0.2) is 0 Å². The lowest BCUT2D eigenvalue weighted by Crippen LogP contribution is -2.16. The molecule has 0 saturated heterocycles. The van der Waals surface area contributed by atoms with Gasteiger partial charge in [-0.25, -0.2) is 9.97 Å². The smallest absolute Gasteiger partial charge is 0.0969 e. The maximum Gasteiger partial charge on any atom is 0.0969 e. The molecule has 4 aromatic carbocycles. The fourth-order valence-electron chi connectivity index (χ4n) is 3.99. The van der Waals surface area contributed by atoms with Crippen molar-refractivity contribution in [1.82, 2.24) is 9.97 Å². The van der Waals surface area contributed by atoms with Crippen molar-refractivity contribution < 1.29 is 0 Å². The van der Waals surface area contributed by atoms with Gasteiger partial charge in [-0.1, -0.05) is 99.6 Å². The van der Waals surface area contributed by atoms with Crippen LogP contribution in [0.1, 0.15) is 26.5 Å². The Morgan fingerprint density at radius 2 is 1.30 bits per heavy atom. The summed E-state index contributed by atoms with van der Waals surface area (Å²) in [6.45, 7) is 6.62. The first-order valence-corrected chi connectivity index (χ1v) is 10.4. The van der Waals surface area contributed by atoms with Crippen molar-refractivity contribution in [3.63, 3.8) is 0 Å². The van der Waals surface area contributed by atoms with E-state index in [1.165, 1.54) is 16.5 Å². The van der Waals surface area contributed by atoms with E-state index in [1.54, 1.807) is 0 Å². The third-order valence-corrected chi connectivity index (χ3v) is 5.51. The molecule has 1 heterocycles. The second-order valence-electron chi connectivity index (χ2n) is 8.77. The summed E-state index contributed by atoms with van der Waals surface area (Å²) in [7, 11) is 0. The van der Waals surface area contributed by atoms with Crippen LogP contribution in [0.3, 0.4) is 0 Å². The molecule has 2 nitrogen and oxygen atoms in total. The molecule has 146 valence electrons. The Bertz CT molecular complexity index is 1360. The van der Waals surface area contributed by atoms with Crippen molar-refractivity contribution in [2.45, 2.75) is 26.2 Å². The van der Waals surface area contributed by atoms with Crippen LogP contribution < -0.4 is 0 Å². The molecule has 5 rings (SSSR count). The summed E-state index contributed by atoms with van der Waals surface area (Å²) in [4.78, 5) is 10.3. The Morgan fingerprint density at radius 1 is 0.600 bits per heavy atom. The van der Waals surface area contributed by atoms with E-state index in [4.69, 9.17) is 9.97 Å². The molecule has 0 atom stereocenters. The van der Waals surface area contributed by atoms with Crippen molar-refractivity contribution in [3.8, 4) is 22.4 Å². The first kappa shape index (κ1) is 18.5. The molecule has 0 aliphatic carbocycles. The molecule has 0 unspecified atom stereocenters. The summed E-state index contributed by atoms with van der Waals surface area (Å²) in [6, 6.07) is 31.7. The average Bonchev–Trinajstić information content (AvgIpc) is 2.78. The van der Waals surface area contributed by atoms with Crippen molar-refractivity contribution in [3.05, 3.63) is 96.7 Å². The molecule has 0 amide bonds. The molecule has 0 fully saturated rings. The molecule has 5 aromatic rings. The maximum atomic E-state index is 5.19. The lowest BCUT2D eigenvalue weighted by Gasteiger charge is -2.22. The van der Waals surface area contributed by atoms with E-state index in [9.17, 15) is 0 Å². The standard InChI is InChI=1S/C28H24N2/c1-28(2,3)27-25(22-14-9-13-21(18-22)19-10-5-4-6-11-19)29-24-17-16-20-12-7-8-15-23(20)26(24)30-27/h4-18H,1-3H3. The molecular weight excluding hydrogens is 364 g/mol. The first-order valence-electron chi connectivity index (χ1n) is 10.4. The summed E-state index contributed by atoms with van der Waals surface area (Å²) in [5, 5.41) is 2.34. The highest BCUT2D eigenvalue weighted by atomic mass is 14.8. The zero-order chi connectivity index (χ0) is 20.7. The van der Waals surface area contributed by atoms with Crippen molar-refractivity contribution >= 4 is 21.8 Å². The minimum atomic E-state index is -0.129. The van der Waals surface area contributed by atoms with Crippen LogP contribution in [0, 0.1) is 0 Å². The zero-order valence-electron chi connectivity index (χ0n) is 17.6. The quantitative estimate of drug-likeness (QED) is 0.294. The number of benzene rings is 4. The fraction of sp³-hybridized carbons (Fsp3) is 0.143. The second-order valence-corrected chi connectivity index (χ2v) is 8.77. The van der Waals surface area contributed by atoms with Gasteiger partial charge in [0.2, 0.25) is 0 Å². The predicted octanol–water partition coefficient (Wildman–Crippen LogP) is 7.41. The van der Waals surface area contributed by atoms with E-state index >= 15 is 0 Å². The monoisotopic (exact) mass is 388 g/mol. The minimum absolute atomic E-state index is 0.129. The van der Waals surface area contributed by atoms with Crippen LogP contribution in [0.5, 0.6) is 0 Å². The van der Waals surface area contributed by atoms with E-state index < -0.39 is 0 Å². The minimum Gasteiger partial charge on any atom is -0.248 e. The largest absolute Gasteiger partial charge is 0.248 e. The van der Waals surface area contributed by atoms with Gasteiger partial charge in [0, 0.05) is 16.4 Å².